The van der Waals surface area contributed by atoms with E-state index in [0.717, 1.165) is 37.0 Å². The third-order valence-corrected chi connectivity index (χ3v) is 4.15. The van der Waals surface area contributed by atoms with Crippen LogP contribution in [-0.4, -0.2) is 12.4 Å². The van der Waals surface area contributed by atoms with Crippen LogP contribution < -0.4 is 4.74 Å². The highest BCUT2D eigenvalue weighted by molar-refractivity contribution is 5.92. The monoisotopic (exact) mass is 322 g/mol. The number of furan rings is 1. The first-order valence-corrected chi connectivity index (χ1v) is 8.43. The Morgan fingerprint density at radius 1 is 1.00 bits per heavy atom. The van der Waals surface area contributed by atoms with E-state index < -0.39 is 0 Å². The van der Waals surface area contributed by atoms with Crippen molar-refractivity contribution < 1.29 is 13.9 Å². The number of ketones is 1. The van der Waals surface area contributed by atoms with E-state index in [1.54, 1.807) is 13.2 Å². The quantitative estimate of drug-likeness (QED) is 0.410. The molecule has 3 nitrogen and oxygen atoms in total. The number of carbonyl (C=O) groups excluding carboxylic acids is 1. The van der Waals surface area contributed by atoms with Crippen LogP contribution in [0.2, 0.25) is 0 Å². The first-order chi connectivity index (χ1) is 11.7. The highest BCUT2D eigenvalue weighted by Crippen LogP contribution is 2.21. The molecule has 0 atom stereocenters. The molecule has 0 N–H and O–H groups in total. The minimum absolute atomic E-state index is 0.00497. The molecule has 0 bridgehead atoms. The lowest BCUT2D eigenvalue weighted by atomic mass is 10.1. The molecule has 3 heteroatoms. The summed E-state index contributed by atoms with van der Waals surface area (Å²) >= 11 is 0. The fourth-order valence-electron chi connectivity index (χ4n) is 2.88. The molecule has 1 heterocycles. The number of fused-ring (bicyclic) bond motifs is 1. The van der Waals surface area contributed by atoms with E-state index in [0.29, 0.717) is 12.4 Å². The van der Waals surface area contributed by atoms with Crippen molar-refractivity contribution in [3.63, 3.8) is 0 Å². The third kappa shape index (κ3) is 4.05. The molecule has 0 saturated carbocycles. The standard InChI is InChI=1S/C21H22O3/c1-16(22)21-18(12-14-24-21)8-3-2-6-13-23-20-11-10-17-7-4-5-9-19(17)15-20/h4-5,7,9-12,14-15H,2-3,6,8,13H2,1H3. The number of carbonyl (C=O) groups is 1. The maximum absolute atomic E-state index is 11.4. The molecular formula is C21H22O3. The number of hydrogen-bond donors (Lipinski definition) is 0. The Bertz CT molecular complexity index is 817. The normalized spacial score (nSPS) is 10.9. The van der Waals surface area contributed by atoms with E-state index in [1.165, 1.54) is 10.8 Å². The van der Waals surface area contributed by atoms with Crippen LogP contribution in [0.15, 0.2) is 59.2 Å². The first-order valence-electron chi connectivity index (χ1n) is 8.43. The first kappa shape index (κ1) is 16.3. The van der Waals surface area contributed by atoms with Crippen LogP contribution in [0.25, 0.3) is 10.8 Å². The van der Waals surface area contributed by atoms with Gasteiger partial charge in [-0.15, -0.1) is 0 Å². The van der Waals surface area contributed by atoms with Crippen molar-refractivity contribution in [3.05, 3.63) is 66.1 Å². The lowest BCUT2D eigenvalue weighted by Crippen LogP contribution is -1.99. The van der Waals surface area contributed by atoms with E-state index >= 15 is 0 Å². The van der Waals surface area contributed by atoms with Gasteiger partial charge in [0.15, 0.2) is 11.5 Å². The minimum Gasteiger partial charge on any atom is -0.494 e. The third-order valence-electron chi connectivity index (χ3n) is 4.15. The summed E-state index contributed by atoms with van der Waals surface area (Å²) in [5.74, 6) is 1.42. The van der Waals surface area contributed by atoms with Crippen molar-refractivity contribution in [1.29, 1.82) is 0 Å². The minimum atomic E-state index is -0.00497. The summed E-state index contributed by atoms with van der Waals surface area (Å²) in [7, 11) is 0. The van der Waals surface area contributed by atoms with Gasteiger partial charge in [0.05, 0.1) is 12.9 Å². The molecule has 24 heavy (non-hydrogen) atoms. The average molecular weight is 322 g/mol. The van der Waals surface area contributed by atoms with Crippen LogP contribution in [0.5, 0.6) is 5.75 Å². The molecule has 124 valence electrons. The van der Waals surface area contributed by atoms with E-state index in [1.807, 2.05) is 24.3 Å². The van der Waals surface area contributed by atoms with Gasteiger partial charge >= 0.3 is 0 Å². The van der Waals surface area contributed by atoms with Crippen LogP contribution in [0.4, 0.5) is 0 Å². The van der Waals surface area contributed by atoms with E-state index in [-0.39, 0.29) is 5.78 Å². The Kier molecular flexibility index (Phi) is 5.32. The molecule has 3 aromatic rings. The second-order valence-electron chi connectivity index (χ2n) is 6.00. The van der Waals surface area contributed by atoms with Crippen molar-refractivity contribution in [2.24, 2.45) is 0 Å². The van der Waals surface area contributed by atoms with Gasteiger partial charge in [-0.05, 0) is 54.7 Å². The number of rotatable bonds is 8. The van der Waals surface area contributed by atoms with Crippen molar-refractivity contribution in [2.45, 2.75) is 32.6 Å². The fraction of sp³-hybridized carbons (Fsp3) is 0.286. The molecular weight excluding hydrogens is 300 g/mol. The molecule has 0 fully saturated rings. The largest absolute Gasteiger partial charge is 0.494 e. The summed E-state index contributed by atoms with van der Waals surface area (Å²) in [6.45, 7) is 2.25. The zero-order valence-corrected chi connectivity index (χ0v) is 14.0. The highest BCUT2D eigenvalue weighted by Gasteiger charge is 2.10. The SMILES string of the molecule is CC(=O)c1occc1CCCCCOc1ccc2ccccc2c1. The zero-order chi connectivity index (χ0) is 16.8. The van der Waals surface area contributed by atoms with E-state index in [4.69, 9.17) is 9.15 Å². The lowest BCUT2D eigenvalue weighted by Gasteiger charge is -2.07. The second kappa shape index (κ2) is 7.82. The number of hydrogen-bond acceptors (Lipinski definition) is 3. The number of unbranched alkanes of at least 4 members (excludes halogenated alkanes) is 2. The molecule has 0 radical (unpaired) electrons. The molecule has 0 aliphatic heterocycles. The lowest BCUT2D eigenvalue weighted by molar-refractivity contribution is 0.0986. The van der Waals surface area contributed by atoms with E-state index in [2.05, 4.69) is 24.3 Å². The Hall–Kier alpha value is -2.55. The molecule has 0 unspecified atom stereocenters. The molecule has 0 aliphatic carbocycles. The highest BCUT2D eigenvalue weighted by atomic mass is 16.5. The van der Waals surface area contributed by atoms with Gasteiger partial charge in [-0.25, -0.2) is 0 Å². The summed E-state index contributed by atoms with van der Waals surface area (Å²) in [4.78, 5) is 11.4. The average Bonchev–Trinajstić information content (AvgIpc) is 3.06. The van der Waals surface area contributed by atoms with Crippen molar-refractivity contribution in [2.75, 3.05) is 6.61 Å². The predicted octanol–water partition coefficient (Wildman–Crippen LogP) is 5.43. The smallest absolute Gasteiger partial charge is 0.195 e. The Morgan fingerprint density at radius 3 is 2.67 bits per heavy atom. The molecule has 1 aromatic heterocycles. The van der Waals surface area contributed by atoms with Crippen LogP contribution in [0.3, 0.4) is 0 Å². The maximum Gasteiger partial charge on any atom is 0.195 e. The number of Topliss-reactive ketones (excluding diaryl/α,β-unsaturated/α-hetero) is 1. The maximum atomic E-state index is 11.4. The predicted molar refractivity (Wildman–Crippen MR) is 95.7 cm³/mol. The summed E-state index contributed by atoms with van der Waals surface area (Å²) in [5.41, 5.74) is 1.01. The van der Waals surface area contributed by atoms with Gasteiger partial charge in [-0.3, -0.25) is 4.79 Å². The number of ether oxygens (including phenoxy) is 1. The van der Waals surface area contributed by atoms with Crippen LogP contribution in [0, 0.1) is 0 Å². The molecule has 2 aromatic carbocycles. The Balaban J connectivity index is 1.40. The summed E-state index contributed by atoms with van der Waals surface area (Å²) in [6, 6.07) is 16.4. The van der Waals surface area contributed by atoms with Gasteiger partial charge in [0.1, 0.15) is 5.75 Å². The van der Waals surface area contributed by atoms with Gasteiger partial charge in [-0.1, -0.05) is 30.3 Å². The van der Waals surface area contributed by atoms with Crippen LogP contribution in [0.1, 0.15) is 42.3 Å². The molecule has 0 amide bonds. The van der Waals surface area contributed by atoms with Crippen LogP contribution in [-0.2, 0) is 6.42 Å². The van der Waals surface area contributed by atoms with Crippen molar-refractivity contribution in [1.82, 2.24) is 0 Å². The summed E-state index contributed by atoms with van der Waals surface area (Å²) in [6.07, 6.45) is 5.56. The second-order valence-corrected chi connectivity index (χ2v) is 6.00. The van der Waals surface area contributed by atoms with Crippen molar-refractivity contribution >= 4 is 16.6 Å². The molecule has 0 aliphatic rings. The van der Waals surface area contributed by atoms with Crippen molar-refractivity contribution in [3.8, 4) is 5.75 Å². The Labute approximate surface area is 142 Å². The number of aryl methyl sites for hydroxylation is 1. The molecule has 0 saturated heterocycles. The van der Waals surface area contributed by atoms with E-state index in [9.17, 15) is 4.79 Å². The van der Waals surface area contributed by atoms with Gasteiger partial charge in [0, 0.05) is 12.5 Å². The Morgan fingerprint density at radius 2 is 1.83 bits per heavy atom. The summed E-state index contributed by atoms with van der Waals surface area (Å²) in [5, 5.41) is 2.43. The van der Waals surface area contributed by atoms with Gasteiger partial charge < -0.3 is 9.15 Å². The van der Waals surface area contributed by atoms with Gasteiger partial charge in [-0.2, -0.15) is 0 Å². The fourth-order valence-corrected chi connectivity index (χ4v) is 2.88. The van der Waals surface area contributed by atoms with Gasteiger partial charge in [0.25, 0.3) is 0 Å². The molecule has 0 spiro atoms. The zero-order valence-electron chi connectivity index (χ0n) is 14.0. The van der Waals surface area contributed by atoms with Gasteiger partial charge in [0.2, 0.25) is 0 Å². The molecule has 3 rings (SSSR count). The topological polar surface area (TPSA) is 39.4 Å². The number of benzene rings is 2. The van der Waals surface area contributed by atoms with Crippen LogP contribution >= 0.6 is 0 Å². The summed E-state index contributed by atoms with van der Waals surface area (Å²) < 4.78 is 11.1.